The molecule has 0 amide bonds. The highest BCUT2D eigenvalue weighted by Crippen LogP contribution is 2.40. The molecule has 3 nitrogen and oxygen atoms in total. The van der Waals surface area contributed by atoms with Crippen LogP contribution < -0.4 is 0 Å². The van der Waals surface area contributed by atoms with Crippen molar-refractivity contribution in [2.24, 2.45) is 5.18 Å². The summed E-state index contributed by atoms with van der Waals surface area (Å²) in [6.45, 7) is 0. The fourth-order valence-corrected chi connectivity index (χ4v) is 2.30. The molecule has 1 aliphatic rings. The van der Waals surface area contributed by atoms with Crippen LogP contribution >= 0.6 is 0 Å². The molecule has 82 valence electrons. The first-order valence-electron chi connectivity index (χ1n) is 5.25. The van der Waals surface area contributed by atoms with Gasteiger partial charge in [-0.05, 0) is 42.0 Å². The van der Waals surface area contributed by atoms with Crippen molar-refractivity contribution in [2.45, 2.75) is 31.2 Å². The van der Waals surface area contributed by atoms with Crippen molar-refractivity contribution in [1.29, 1.82) is 5.26 Å². The third-order valence-corrected chi connectivity index (χ3v) is 3.10. The predicted octanol–water partition coefficient (Wildman–Crippen LogP) is 3.42. The van der Waals surface area contributed by atoms with Gasteiger partial charge in [0.1, 0.15) is 11.9 Å². The minimum atomic E-state index is -0.384. The lowest BCUT2D eigenvalue weighted by molar-refractivity contribution is 0.490. The van der Waals surface area contributed by atoms with Gasteiger partial charge in [0.05, 0.1) is 6.07 Å². The Kier molecular flexibility index (Phi) is 2.95. The Balaban J connectivity index is 2.45. The summed E-state index contributed by atoms with van der Waals surface area (Å²) < 4.78 is 13.1. The molecule has 2 rings (SSSR count). The van der Waals surface area contributed by atoms with E-state index in [-0.39, 0.29) is 17.8 Å². The maximum absolute atomic E-state index is 13.1. The quantitative estimate of drug-likeness (QED) is 0.714. The zero-order valence-corrected chi connectivity index (χ0v) is 8.69. The molecule has 0 radical (unpaired) electrons. The Bertz CT molecular complexity index is 453. The number of hydrogen-bond donors (Lipinski definition) is 0. The number of hydrogen-bond acceptors (Lipinski definition) is 3. The Morgan fingerprint density at radius 2 is 2.25 bits per heavy atom. The molecule has 0 aliphatic heterocycles. The number of nitroso groups, excluding NO2 is 1. The standard InChI is InChI=1S/C12H11FN2O/c13-9-2-3-10-11(7-9)8(5-6-14)1-4-12(10)15-16/h2-3,7-8,12H,1,4-5H2. The maximum Gasteiger partial charge on any atom is 0.123 e. The molecule has 0 N–H and O–H groups in total. The van der Waals surface area contributed by atoms with Crippen LogP contribution in [0.3, 0.4) is 0 Å². The van der Waals surface area contributed by atoms with Gasteiger partial charge in [-0.15, -0.1) is 0 Å². The van der Waals surface area contributed by atoms with Gasteiger partial charge in [-0.3, -0.25) is 0 Å². The summed E-state index contributed by atoms with van der Waals surface area (Å²) in [5.74, 6) is -0.290. The van der Waals surface area contributed by atoms with E-state index in [2.05, 4.69) is 11.2 Å². The Hall–Kier alpha value is -1.76. The molecule has 2 unspecified atom stereocenters. The first-order chi connectivity index (χ1) is 7.76. The molecular weight excluding hydrogens is 207 g/mol. The zero-order valence-electron chi connectivity index (χ0n) is 8.69. The highest BCUT2D eigenvalue weighted by atomic mass is 19.1. The normalized spacial score (nSPS) is 23.2. The van der Waals surface area contributed by atoms with Gasteiger partial charge >= 0.3 is 0 Å². The van der Waals surface area contributed by atoms with Crippen LogP contribution in [0.25, 0.3) is 0 Å². The van der Waals surface area contributed by atoms with Gasteiger partial charge in [0.25, 0.3) is 0 Å². The summed E-state index contributed by atoms with van der Waals surface area (Å²) in [6, 6.07) is 6.09. The van der Waals surface area contributed by atoms with Crippen molar-refractivity contribution in [3.8, 4) is 6.07 Å². The van der Waals surface area contributed by atoms with Crippen LogP contribution in [0.4, 0.5) is 4.39 Å². The average molecular weight is 218 g/mol. The van der Waals surface area contributed by atoms with Crippen molar-refractivity contribution < 1.29 is 4.39 Å². The molecule has 0 saturated heterocycles. The molecule has 1 aromatic rings. The van der Waals surface area contributed by atoms with E-state index in [1.54, 1.807) is 6.07 Å². The van der Waals surface area contributed by atoms with Crippen molar-refractivity contribution >= 4 is 0 Å². The minimum absolute atomic E-state index is 0.0358. The van der Waals surface area contributed by atoms with Crippen molar-refractivity contribution in [3.05, 3.63) is 40.1 Å². The van der Waals surface area contributed by atoms with E-state index in [0.29, 0.717) is 12.8 Å². The van der Waals surface area contributed by atoms with Crippen LogP contribution in [0, 0.1) is 22.1 Å². The summed E-state index contributed by atoms with van der Waals surface area (Å²) in [6.07, 6.45) is 1.73. The fraction of sp³-hybridized carbons (Fsp3) is 0.417. The molecule has 0 heterocycles. The van der Waals surface area contributed by atoms with Gasteiger partial charge in [-0.1, -0.05) is 11.2 Å². The van der Waals surface area contributed by atoms with Crippen molar-refractivity contribution in [3.63, 3.8) is 0 Å². The van der Waals surface area contributed by atoms with Gasteiger partial charge in [0.2, 0.25) is 0 Å². The molecule has 1 aromatic carbocycles. The van der Waals surface area contributed by atoms with E-state index in [4.69, 9.17) is 5.26 Å². The fourth-order valence-electron chi connectivity index (χ4n) is 2.30. The second-order valence-electron chi connectivity index (χ2n) is 4.03. The molecule has 0 bridgehead atoms. The van der Waals surface area contributed by atoms with Gasteiger partial charge in [0, 0.05) is 6.42 Å². The molecule has 0 aromatic heterocycles. The minimum Gasteiger partial charge on any atom is -0.207 e. The molecule has 0 fully saturated rings. The molecule has 0 saturated carbocycles. The van der Waals surface area contributed by atoms with Gasteiger partial charge in [-0.2, -0.15) is 10.2 Å². The topological polar surface area (TPSA) is 53.2 Å². The summed E-state index contributed by atoms with van der Waals surface area (Å²) in [5, 5.41) is 11.8. The Labute approximate surface area is 92.9 Å². The number of nitrogens with zero attached hydrogens (tertiary/aromatic N) is 2. The Morgan fingerprint density at radius 3 is 2.94 bits per heavy atom. The smallest absolute Gasteiger partial charge is 0.123 e. The van der Waals surface area contributed by atoms with E-state index in [1.165, 1.54) is 12.1 Å². The number of rotatable bonds is 2. The number of benzene rings is 1. The van der Waals surface area contributed by atoms with Crippen molar-refractivity contribution in [2.75, 3.05) is 0 Å². The number of fused-ring (bicyclic) bond motifs is 1. The lowest BCUT2D eigenvalue weighted by Gasteiger charge is -2.26. The largest absolute Gasteiger partial charge is 0.207 e. The Morgan fingerprint density at radius 1 is 1.44 bits per heavy atom. The summed E-state index contributed by atoms with van der Waals surface area (Å²) >= 11 is 0. The van der Waals surface area contributed by atoms with Crippen molar-refractivity contribution in [1.82, 2.24) is 0 Å². The molecular formula is C12H11FN2O. The van der Waals surface area contributed by atoms with Crippen LogP contribution in [0.2, 0.25) is 0 Å². The van der Waals surface area contributed by atoms with E-state index in [1.807, 2.05) is 0 Å². The number of nitriles is 1. The highest BCUT2D eigenvalue weighted by molar-refractivity contribution is 5.36. The zero-order chi connectivity index (χ0) is 11.5. The highest BCUT2D eigenvalue weighted by Gasteiger charge is 2.27. The van der Waals surface area contributed by atoms with E-state index < -0.39 is 0 Å². The predicted molar refractivity (Wildman–Crippen MR) is 57.1 cm³/mol. The first kappa shape index (κ1) is 10.7. The SMILES string of the molecule is N#CCC1CCC(N=O)c2ccc(F)cc21. The molecule has 16 heavy (non-hydrogen) atoms. The third-order valence-electron chi connectivity index (χ3n) is 3.10. The van der Waals surface area contributed by atoms with Gasteiger partial charge < -0.3 is 0 Å². The number of halogens is 1. The van der Waals surface area contributed by atoms with E-state index >= 15 is 0 Å². The summed E-state index contributed by atoms with van der Waals surface area (Å²) in [4.78, 5) is 10.7. The lowest BCUT2D eigenvalue weighted by atomic mass is 9.79. The summed E-state index contributed by atoms with van der Waals surface area (Å²) in [5.41, 5.74) is 1.56. The van der Waals surface area contributed by atoms with Crippen LogP contribution in [-0.4, -0.2) is 0 Å². The average Bonchev–Trinajstić information content (AvgIpc) is 2.30. The molecule has 0 spiro atoms. The third kappa shape index (κ3) is 1.81. The monoisotopic (exact) mass is 218 g/mol. The maximum atomic E-state index is 13.1. The van der Waals surface area contributed by atoms with Crippen LogP contribution in [0.15, 0.2) is 23.4 Å². The molecule has 2 atom stereocenters. The van der Waals surface area contributed by atoms with E-state index in [9.17, 15) is 9.30 Å². The lowest BCUT2D eigenvalue weighted by Crippen LogP contribution is -2.13. The molecule has 4 heteroatoms. The van der Waals surface area contributed by atoms with Crippen LogP contribution in [-0.2, 0) is 0 Å². The van der Waals surface area contributed by atoms with Gasteiger partial charge in [-0.25, -0.2) is 4.39 Å². The van der Waals surface area contributed by atoms with Crippen LogP contribution in [0.5, 0.6) is 0 Å². The van der Waals surface area contributed by atoms with Gasteiger partial charge in [0.15, 0.2) is 0 Å². The second kappa shape index (κ2) is 4.40. The summed E-state index contributed by atoms with van der Waals surface area (Å²) in [7, 11) is 0. The second-order valence-corrected chi connectivity index (χ2v) is 4.03. The van der Waals surface area contributed by atoms with E-state index in [0.717, 1.165) is 17.5 Å². The first-order valence-corrected chi connectivity index (χ1v) is 5.25. The van der Waals surface area contributed by atoms with Crippen LogP contribution in [0.1, 0.15) is 42.3 Å². The molecule has 1 aliphatic carbocycles.